The van der Waals surface area contributed by atoms with Gasteiger partial charge in [0.05, 0.1) is 4.90 Å². The molecule has 2 aromatic carbocycles. The molecule has 0 spiro atoms. The van der Waals surface area contributed by atoms with Crippen LogP contribution in [-0.2, 0) is 21.4 Å². The average Bonchev–Trinajstić information content (AvgIpc) is 3.00. The molecular weight excluding hydrogens is 330 g/mol. The molecule has 3 aromatic rings. The van der Waals surface area contributed by atoms with Crippen LogP contribution in [0.5, 0.6) is 0 Å². The van der Waals surface area contributed by atoms with Crippen LogP contribution in [0.25, 0.3) is 10.8 Å². The second-order valence-electron chi connectivity index (χ2n) is 5.02. The van der Waals surface area contributed by atoms with Crippen LogP contribution in [0, 0.1) is 0 Å². The molecule has 2 N–H and O–H groups in total. The first-order valence-corrected chi connectivity index (χ1v) is 8.58. The molecule has 124 valence electrons. The first-order chi connectivity index (χ1) is 11.5. The molecule has 1 aromatic heterocycles. The summed E-state index contributed by atoms with van der Waals surface area (Å²) in [5.74, 6) is -0.352. The van der Waals surface area contributed by atoms with Crippen molar-refractivity contribution < 1.29 is 13.2 Å². The number of anilines is 1. The van der Waals surface area contributed by atoms with Gasteiger partial charge in [0.1, 0.15) is 12.9 Å². The minimum absolute atomic E-state index is 0.0422. The van der Waals surface area contributed by atoms with Crippen molar-refractivity contribution in [1.29, 1.82) is 0 Å². The molecule has 1 heterocycles. The molecule has 0 aliphatic carbocycles. The molecule has 0 fully saturated rings. The van der Waals surface area contributed by atoms with Crippen molar-refractivity contribution in [3.63, 3.8) is 0 Å². The summed E-state index contributed by atoms with van der Waals surface area (Å²) in [6.45, 7) is -0.0422. The number of carbonyl (C=O) groups excluding carboxylic acids is 1. The average molecular weight is 345 g/mol. The number of carbonyl (C=O) groups is 1. The number of hydrogen-bond donors (Lipinski definition) is 2. The number of sulfonamides is 1. The molecule has 9 heteroatoms. The number of likely N-dealkylation sites (N-methyl/N-ethyl adjacent to an activating group) is 1. The van der Waals surface area contributed by atoms with Crippen LogP contribution in [0.2, 0.25) is 0 Å². The lowest BCUT2D eigenvalue weighted by atomic mass is 10.1. The van der Waals surface area contributed by atoms with E-state index < -0.39 is 10.0 Å². The Bertz CT molecular complexity index is 992. The third kappa shape index (κ3) is 3.20. The summed E-state index contributed by atoms with van der Waals surface area (Å²) in [6, 6.07) is 12.2. The maximum atomic E-state index is 12.6. The summed E-state index contributed by atoms with van der Waals surface area (Å²) in [5, 5.41) is 7.82. The summed E-state index contributed by atoms with van der Waals surface area (Å²) >= 11 is 0. The van der Waals surface area contributed by atoms with Crippen molar-refractivity contribution in [2.24, 2.45) is 0 Å². The first-order valence-electron chi connectivity index (χ1n) is 7.10. The molecule has 8 nitrogen and oxygen atoms in total. The smallest absolute Gasteiger partial charge is 0.264 e. The molecular formula is C15H15N5O3S. The summed E-state index contributed by atoms with van der Waals surface area (Å²) in [7, 11) is -2.35. The number of aromatic nitrogens is 3. The number of benzene rings is 2. The number of rotatable bonds is 5. The number of nitrogens with one attached hydrogen (secondary N) is 2. The van der Waals surface area contributed by atoms with Crippen molar-refractivity contribution in [3.8, 4) is 0 Å². The van der Waals surface area contributed by atoms with Gasteiger partial charge in [0, 0.05) is 12.4 Å². The molecule has 0 saturated carbocycles. The van der Waals surface area contributed by atoms with Gasteiger partial charge >= 0.3 is 0 Å². The standard InChI is InChI=1S/C15H15N5O3S/c1-16-14(21)9-20-10-17-15(18-20)19-24(22,23)13-8-4-6-11-5-2-3-7-12(11)13/h2-8,10H,9H2,1H3,(H,16,21)(H,18,19). The fraction of sp³-hybridized carbons (Fsp3) is 0.133. The second kappa shape index (κ2) is 6.28. The molecule has 0 unspecified atom stereocenters. The fourth-order valence-corrected chi connectivity index (χ4v) is 3.43. The van der Waals surface area contributed by atoms with E-state index in [-0.39, 0.29) is 23.3 Å². The van der Waals surface area contributed by atoms with Gasteiger partial charge in [-0.25, -0.2) is 17.8 Å². The Morgan fingerprint density at radius 2 is 1.92 bits per heavy atom. The Kier molecular flexibility index (Phi) is 4.17. The fourth-order valence-electron chi connectivity index (χ4n) is 2.25. The van der Waals surface area contributed by atoms with E-state index in [0.29, 0.717) is 5.39 Å². The Morgan fingerprint density at radius 1 is 1.17 bits per heavy atom. The molecule has 0 aliphatic heterocycles. The highest BCUT2D eigenvalue weighted by Gasteiger charge is 2.19. The Morgan fingerprint density at radius 3 is 2.71 bits per heavy atom. The normalized spacial score (nSPS) is 11.4. The van der Waals surface area contributed by atoms with Crippen molar-refractivity contribution in [1.82, 2.24) is 20.1 Å². The van der Waals surface area contributed by atoms with E-state index in [1.165, 1.54) is 24.1 Å². The minimum Gasteiger partial charge on any atom is -0.358 e. The van der Waals surface area contributed by atoms with Crippen molar-refractivity contribution in [2.75, 3.05) is 11.8 Å². The van der Waals surface area contributed by atoms with E-state index in [2.05, 4.69) is 20.1 Å². The molecule has 1 amide bonds. The predicted octanol–water partition coefficient (Wildman–Crippen LogP) is 0.978. The van der Waals surface area contributed by atoms with Gasteiger partial charge in [0.2, 0.25) is 5.91 Å². The Balaban J connectivity index is 1.90. The van der Waals surface area contributed by atoms with Crippen molar-refractivity contribution in [2.45, 2.75) is 11.4 Å². The topological polar surface area (TPSA) is 106 Å². The van der Waals surface area contributed by atoms with Crippen LogP contribution in [-0.4, -0.2) is 36.1 Å². The van der Waals surface area contributed by atoms with Gasteiger partial charge in [-0.15, -0.1) is 5.10 Å². The quantitative estimate of drug-likeness (QED) is 0.717. The van der Waals surface area contributed by atoms with Crippen LogP contribution in [0.4, 0.5) is 5.95 Å². The van der Waals surface area contributed by atoms with Crippen LogP contribution in [0.1, 0.15) is 0 Å². The van der Waals surface area contributed by atoms with Gasteiger partial charge in [-0.2, -0.15) is 4.98 Å². The largest absolute Gasteiger partial charge is 0.358 e. The van der Waals surface area contributed by atoms with E-state index in [9.17, 15) is 13.2 Å². The van der Waals surface area contributed by atoms with E-state index in [1.54, 1.807) is 18.2 Å². The summed E-state index contributed by atoms with van der Waals surface area (Å²) in [6.07, 6.45) is 1.29. The summed E-state index contributed by atoms with van der Waals surface area (Å²) in [5.41, 5.74) is 0. The molecule has 0 bridgehead atoms. The number of nitrogens with zero attached hydrogens (tertiary/aromatic N) is 3. The predicted molar refractivity (Wildman–Crippen MR) is 88.8 cm³/mol. The molecule has 3 rings (SSSR count). The van der Waals surface area contributed by atoms with E-state index in [4.69, 9.17) is 0 Å². The first kappa shape index (κ1) is 15.9. The second-order valence-corrected chi connectivity index (χ2v) is 6.67. The number of hydrogen-bond acceptors (Lipinski definition) is 5. The highest BCUT2D eigenvalue weighted by molar-refractivity contribution is 7.93. The number of fused-ring (bicyclic) bond motifs is 1. The van der Waals surface area contributed by atoms with Gasteiger partial charge in [0.25, 0.3) is 16.0 Å². The zero-order chi connectivity index (χ0) is 17.2. The minimum atomic E-state index is -3.85. The molecule has 0 aliphatic rings. The van der Waals surface area contributed by atoms with E-state index in [1.807, 2.05) is 18.2 Å². The van der Waals surface area contributed by atoms with Crippen LogP contribution in [0.3, 0.4) is 0 Å². The van der Waals surface area contributed by atoms with Gasteiger partial charge in [-0.3, -0.25) is 4.79 Å². The maximum absolute atomic E-state index is 12.6. The molecule has 0 atom stereocenters. The zero-order valence-electron chi connectivity index (χ0n) is 12.8. The lowest BCUT2D eigenvalue weighted by Crippen LogP contribution is -2.23. The number of amides is 1. The Hall–Kier alpha value is -2.94. The monoisotopic (exact) mass is 345 g/mol. The van der Waals surface area contributed by atoms with Crippen LogP contribution < -0.4 is 10.0 Å². The van der Waals surface area contributed by atoms with Crippen molar-refractivity contribution in [3.05, 3.63) is 48.8 Å². The zero-order valence-corrected chi connectivity index (χ0v) is 13.6. The van der Waals surface area contributed by atoms with Crippen molar-refractivity contribution >= 4 is 32.7 Å². The van der Waals surface area contributed by atoms with Crippen LogP contribution >= 0.6 is 0 Å². The SMILES string of the molecule is CNC(=O)Cn1cnc(NS(=O)(=O)c2cccc3ccccc23)n1. The summed E-state index contributed by atoms with van der Waals surface area (Å²) < 4.78 is 28.8. The highest BCUT2D eigenvalue weighted by atomic mass is 32.2. The Labute approximate surface area is 138 Å². The molecule has 0 saturated heterocycles. The van der Waals surface area contributed by atoms with E-state index in [0.717, 1.165) is 5.39 Å². The van der Waals surface area contributed by atoms with Gasteiger partial charge in [-0.1, -0.05) is 36.4 Å². The van der Waals surface area contributed by atoms with E-state index >= 15 is 0 Å². The highest BCUT2D eigenvalue weighted by Crippen LogP contribution is 2.23. The summed E-state index contributed by atoms with van der Waals surface area (Å²) in [4.78, 5) is 15.3. The molecule has 0 radical (unpaired) electrons. The lowest BCUT2D eigenvalue weighted by Gasteiger charge is -2.08. The van der Waals surface area contributed by atoms with Gasteiger partial charge in [-0.05, 0) is 11.5 Å². The van der Waals surface area contributed by atoms with Crippen LogP contribution in [0.15, 0.2) is 53.7 Å². The third-order valence-electron chi connectivity index (χ3n) is 3.39. The maximum Gasteiger partial charge on any atom is 0.264 e. The lowest BCUT2D eigenvalue weighted by molar-refractivity contribution is -0.121. The van der Waals surface area contributed by atoms with Gasteiger partial charge in [0.15, 0.2) is 0 Å². The third-order valence-corrected chi connectivity index (χ3v) is 4.77. The van der Waals surface area contributed by atoms with Gasteiger partial charge < -0.3 is 5.32 Å². The molecule has 24 heavy (non-hydrogen) atoms.